The number of benzene rings is 1. The fourth-order valence-corrected chi connectivity index (χ4v) is 2.97. The van der Waals surface area contributed by atoms with E-state index < -0.39 is 16.1 Å². The van der Waals surface area contributed by atoms with Gasteiger partial charge in [-0.2, -0.15) is 9.97 Å². The summed E-state index contributed by atoms with van der Waals surface area (Å²) in [5, 5.41) is 11.0. The summed E-state index contributed by atoms with van der Waals surface area (Å²) in [7, 11) is -1.54. The number of hydrogen-bond acceptors (Lipinski definition) is 9. The molecule has 0 atom stereocenters. The Morgan fingerprint density at radius 3 is 2.37 bits per heavy atom. The summed E-state index contributed by atoms with van der Waals surface area (Å²) >= 11 is 0. The van der Waals surface area contributed by atoms with E-state index in [-0.39, 0.29) is 41.6 Å². The Labute approximate surface area is 155 Å². The van der Waals surface area contributed by atoms with E-state index in [4.69, 9.17) is 19.3 Å². The number of ether oxygens (including phenoxy) is 3. The minimum absolute atomic E-state index is 0.00819. The molecule has 1 heterocycles. The largest absolute Gasteiger partial charge is 0.490 e. The Bertz CT molecular complexity index is 883. The van der Waals surface area contributed by atoms with Crippen molar-refractivity contribution < 1.29 is 32.5 Å². The number of nitrogens with zero attached hydrogens (tertiary/aromatic N) is 2. The molecule has 2 rings (SSSR count). The molecule has 0 bridgehead atoms. The second kappa shape index (κ2) is 9.00. The molecule has 146 valence electrons. The Hall–Kier alpha value is -3.12. The van der Waals surface area contributed by atoms with E-state index in [9.17, 15) is 13.2 Å². The zero-order valence-electron chi connectivity index (χ0n) is 14.5. The van der Waals surface area contributed by atoms with Crippen LogP contribution in [-0.2, 0) is 10.0 Å². The number of rotatable bonds is 8. The first-order valence-electron chi connectivity index (χ1n) is 7.53. The van der Waals surface area contributed by atoms with Gasteiger partial charge in [0.05, 0.1) is 26.9 Å². The van der Waals surface area contributed by atoms with Gasteiger partial charge in [-0.3, -0.25) is 5.32 Å². The van der Waals surface area contributed by atoms with Gasteiger partial charge in [-0.1, -0.05) is 12.1 Å². The summed E-state index contributed by atoms with van der Waals surface area (Å²) in [4.78, 5) is 19.6. The number of para-hydroxylation sites is 1. The molecule has 0 aliphatic carbocycles. The highest BCUT2D eigenvalue weighted by Gasteiger charge is 2.22. The van der Waals surface area contributed by atoms with E-state index in [2.05, 4.69) is 15.3 Å². The molecule has 0 aliphatic heterocycles. The van der Waals surface area contributed by atoms with Crippen LogP contribution >= 0.6 is 0 Å². The minimum atomic E-state index is -4.26. The number of sulfonamides is 1. The smallest absolute Gasteiger partial charge is 0.335 e. The van der Waals surface area contributed by atoms with Crippen LogP contribution in [0.25, 0.3) is 0 Å². The predicted molar refractivity (Wildman–Crippen MR) is 93.5 cm³/mol. The maximum Gasteiger partial charge on any atom is 0.335 e. The fourth-order valence-electron chi connectivity index (χ4n) is 1.92. The summed E-state index contributed by atoms with van der Waals surface area (Å²) in [6.07, 6.45) is 0. The number of anilines is 1. The lowest BCUT2D eigenvalue weighted by Crippen LogP contribution is -2.35. The molecule has 1 aromatic carbocycles. The molecule has 12 heteroatoms. The Morgan fingerprint density at radius 1 is 1.15 bits per heavy atom. The van der Waals surface area contributed by atoms with Crippen molar-refractivity contribution in [1.82, 2.24) is 14.7 Å². The van der Waals surface area contributed by atoms with Crippen LogP contribution in [0.2, 0.25) is 0 Å². The van der Waals surface area contributed by atoms with Gasteiger partial charge in [0.15, 0.2) is 0 Å². The molecule has 2 aromatic rings. The maximum atomic E-state index is 12.5. The molecule has 2 amide bonds. The van der Waals surface area contributed by atoms with Crippen LogP contribution in [-0.4, -0.2) is 57.0 Å². The normalized spacial score (nSPS) is 10.8. The first kappa shape index (κ1) is 20.2. The van der Waals surface area contributed by atoms with Crippen molar-refractivity contribution in [1.29, 1.82) is 0 Å². The third kappa shape index (κ3) is 5.43. The third-order valence-corrected chi connectivity index (χ3v) is 4.41. The number of nitrogens with one attached hydrogen (secondary N) is 2. The second-order valence-corrected chi connectivity index (χ2v) is 6.51. The molecule has 11 nitrogen and oxygen atoms in total. The summed E-state index contributed by atoms with van der Waals surface area (Å²) in [5.41, 5.74) is 0. The van der Waals surface area contributed by atoms with E-state index in [1.54, 1.807) is 6.07 Å². The molecule has 0 saturated heterocycles. The van der Waals surface area contributed by atoms with E-state index in [0.717, 1.165) is 0 Å². The lowest BCUT2D eigenvalue weighted by molar-refractivity contribution is 0.198. The van der Waals surface area contributed by atoms with Crippen LogP contribution in [0.15, 0.2) is 35.2 Å². The molecule has 1 aromatic heterocycles. The first-order valence-corrected chi connectivity index (χ1v) is 9.01. The quantitative estimate of drug-likeness (QED) is 0.573. The molecule has 0 radical (unpaired) electrons. The summed E-state index contributed by atoms with van der Waals surface area (Å²) in [6, 6.07) is 5.97. The number of carbonyl (C=O) groups is 1. The van der Waals surface area contributed by atoms with Crippen LogP contribution in [0.4, 0.5) is 10.7 Å². The van der Waals surface area contributed by atoms with E-state index >= 15 is 0 Å². The van der Waals surface area contributed by atoms with E-state index in [1.807, 2.05) is 4.72 Å². The van der Waals surface area contributed by atoms with Gasteiger partial charge < -0.3 is 19.3 Å². The highest BCUT2D eigenvalue weighted by atomic mass is 32.2. The van der Waals surface area contributed by atoms with Crippen molar-refractivity contribution in [3.63, 3.8) is 0 Å². The number of aliphatic hydroxyl groups excluding tert-OH is 1. The van der Waals surface area contributed by atoms with Gasteiger partial charge in [-0.25, -0.2) is 17.9 Å². The van der Waals surface area contributed by atoms with Crippen LogP contribution in [0.3, 0.4) is 0 Å². The second-order valence-electron chi connectivity index (χ2n) is 4.85. The van der Waals surface area contributed by atoms with Crippen LogP contribution < -0.4 is 24.2 Å². The third-order valence-electron chi connectivity index (χ3n) is 3.04. The zero-order valence-corrected chi connectivity index (χ0v) is 15.3. The standard InChI is InChI=1S/C15H18N4O7S/c1-24-12-9-13(25-2)17-14(16-12)18-15(21)19-27(22,23)11-6-4-3-5-10(11)26-8-7-20/h3-6,9,20H,7-8H2,1-2H3,(H2,16,17,18,19,21). The number of amides is 2. The lowest BCUT2D eigenvalue weighted by atomic mass is 10.3. The van der Waals surface area contributed by atoms with Gasteiger partial charge in [0.25, 0.3) is 10.0 Å². The SMILES string of the molecule is COc1cc(OC)nc(NC(=O)NS(=O)(=O)c2ccccc2OCCO)n1. The molecular formula is C15H18N4O7S. The zero-order chi connectivity index (χ0) is 19.9. The van der Waals surface area contributed by atoms with Crippen molar-refractivity contribution >= 4 is 22.0 Å². The Kier molecular flexibility index (Phi) is 6.73. The molecule has 0 spiro atoms. The average Bonchev–Trinajstić information content (AvgIpc) is 2.65. The Morgan fingerprint density at radius 2 is 1.78 bits per heavy atom. The van der Waals surface area contributed by atoms with Crippen molar-refractivity contribution in [2.24, 2.45) is 0 Å². The van der Waals surface area contributed by atoms with Gasteiger partial charge in [0.2, 0.25) is 17.7 Å². The summed E-state index contributed by atoms with van der Waals surface area (Å²) in [6.45, 7) is -0.395. The number of hydrogen-bond donors (Lipinski definition) is 3. The van der Waals surface area contributed by atoms with Gasteiger partial charge in [0.1, 0.15) is 17.3 Å². The maximum absolute atomic E-state index is 12.5. The van der Waals surface area contributed by atoms with Crippen molar-refractivity contribution in [2.75, 3.05) is 32.8 Å². The molecular weight excluding hydrogens is 380 g/mol. The van der Waals surface area contributed by atoms with Gasteiger partial charge in [-0.05, 0) is 12.1 Å². The summed E-state index contributed by atoms with van der Waals surface area (Å²) < 4.78 is 41.8. The predicted octanol–water partition coefficient (Wildman–Crippen LogP) is 0.375. The molecule has 0 fully saturated rings. The first-order chi connectivity index (χ1) is 12.9. The number of methoxy groups -OCH3 is 2. The lowest BCUT2D eigenvalue weighted by Gasteiger charge is -2.12. The average molecular weight is 398 g/mol. The van der Waals surface area contributed by atoms with E-state index in [0.29, 0.717) is 0 Å². The van der Waals surface area contributed by atoms with Gasteiger partial charge >= 0.3 is 6.03 Å². The number of urea groups is 1. The number of aliphatic hydroxyl groups is 1. The van der Waals surface area contributed by atoms with E-state index in [1.165, 1.54) is 38.5 Å². The fraction of sp³-hybridized carbons (Fsp3) is 0.267. The molecule has 0 unspecified atom stereocenters. The van der Waals surface area contributed by atoms with Gasteiger partial charge in [-0.15, -0.1) is 0 Å². The Balaban J connectivity index is 2.18. The van der Waals surface area contributed by atoms with Crippen LogP contribution in [0.5, 0.6) is 17.5 Å². The molecule has 27 heavy (non-hydrogen) atoms. The number of aromatic nitrogens is 2. The monoisotopic (exact) mass is 398 g/mol. The van der Waals surface area contributed by atoms with Crippen molar-refractivity contribution in [2.45, 2.75) is 4.90 Å². The molecule has 0 saturated carbocycles. The molecule has 0 aliphatic rings. The topological polar surface area (TPSA) is 149 Å². The van der Waals surface area contributed by atoms with Gasteiger partial charge in [0, 0.05) is 0 Å². The van der Waals surface area contributed by atoms with Crippen LogP contribution in [0, 0.1) is 0 Å². The molecule has 3 N–H and O–H groups in total. The summed E-state index contributed by atoms with van der Waals surface area (Å²) in [5.74, 6) is 0.000350. The number of carbonyl (C=O) groups excluding carboxylic acids is 1. The van der Waals surface area contributed by atoms with Crippen molar-refractivity contribution in [3.8, 4) is 17.5 Å². The highest BCUT2D eigenvalue weighted by molar-refractivity contribution is 7.90. The van der Waals surface area contributed by atoms with Crippen molar-refractivity contribution in [3.05, 3.63) is 30.3 Å². The van der Waals surface area contributed by atoms with Crippen LogP contribution in [0.1, 0.15) is 0 Å². The highest BCUT2D eigenvalue weighted by Crippen LogP contribution is 2.23. The minimum Gasteiger partial charge on any atom is -0.490 e.